The Morgan fingerprint density at radius 3 is 2.73 bits per heavy atom. The number of nitrogens with one attached hydrogen (secondary N) is 2. The van der Waals surface area contributed by atoms with Crippen LogP contribution < -0.4 is 5.32 Å². The summed E-state index contributed by atoms with van der Waals surface area (Å²) >= 11 is 0. The van der Waals surface area contributed by atoms with Crippen LogP contribution in [0.2, 0.25) is 0 Å². The van der Waals surface area contributed by atoms with Crippen LogP contribution in [-0.2, 0) is 4.79 Å². The van der Waals surface area contributed by atoms with Crippen LogP contribution in [0.1, 0.15) is 44.2 Å². The number of aromatic amines is 1. The van der Waals surface area contributed by atoms with Gasteiger partial charge < -0.3 is 4.42 Å². The summed E-state index contributed by atoms with van der Waals surface area (Å²) < 4.78 is 5.72. The summed E-state index contributed by atoms with van der Waals surface area (Å²) in [6.07, 6.45) is 0. The van der Waals surface area contributed by atoms with Crippen molar-refractivity contribution in [3.05, 3.63) is 41.9 Å². The highest BCUT2D eigenvalue weighted by atomic mass is 16.3. The summed E-state index contributed by atoms with van der Waals surface area (Å²) in [6.45, 7) is 5.80. The number of aromatic nitrogens is 3. The first-order valence-corrected chi connectivity index (χ1v) is 7.26. The normalized spacial score (nSPS) is 12.7. The van der Waals surface area contributed by atoms with Gasteiger partial charge in [-0.15, -0.1) is 5.10 Å². The molecule has 1 atom stereocenters. The van der Waals surface area contributed by atoms with Gasteiger partial charge in [0.1, 0.15) is 17.2 Å². The molecule has 6 heteroatoms. The highest BCUT2D eigenvalue weighted by molar-refractivity contribution is 5.94. The molecule has 0 aliphatic heterocycles. The van der Waals surface area contributed by atoms with Crippen molar-refractivity contribution in [1.82, 2.24) is 15.2 Å². The Balaban J connectivity index is 1.75. The van der Waals surface area contributed by atoms with Gasteiger partial charge in [-0.25, -0.2) is 0 Å². The van der Waals surface area contributed by atoms with E-state index in [0.29, 0.717) is 5.76 Å². The Hall–Kier alpha value is -2.63. The van der Waals surface area contributed by atoms with E-state index in [-0.39, 0.29) is 17.8 Å². The molecule has 1 amide bonds. The van der Waals surface area contributed by atoms with Crippen molar-refractivity contribution in [3.8, 4) is 0 Å². The van der Waals surface area contributed by atoms with Gasteiger partial charge in [-0.2, -0.15) is 4.98 Å². The zero-order chi connectivity index (χ0) is 15.7. The highest BCUT2D eigenvalue weighted by Crippen LogP contribution is 2.25. The zero-order valence-corrected chi connectivity index (χ0v) is 12.8. The van der Waals surface area contributed by atoms with Gasteiger partial charge in [0.25, 0.3) is 0 Å². The van der Waals surface area contributed by atoms with Gasteiger partial charge in [-0.1, -0.05) is 32.0 Å². The summed E-state index contributed by atoms with van der Waals surface area (Å²) in [4.78, 5) is 16.5. The number of benzene rings is 1. The molecule has 2 N–H and O–H groups in total. The lowest BCUT2D eigenvalue weighted by Crippen LogP contribution is -2.19. The lowest BCUT2D eigenvalue weighted by atomic mass is 10.1. The topological polar surface area (TPSA) is 83.8 Å². The van der Waals surface area contributed by atoms with Crippen molar-refractivity contribution in [2.45, 2.75) is 32.6 Å². The maximum Gasteiger partial charge on any atom is 0.248 e. The molecule has 0 unspecified atom stereocenters. The first-order valence-electron chi connectivity index (χ1n) is 7.26. The first-order chi connectivity index (χ1) is 10.5. The van der Waals surface area contributed by atoms with E-state index in [1.54, 1.807) is 6.92 Å². The molecule has 0 fully saturated rings. The van der Waals surface area contributed by atoms with E-state index in [1.807, 2.05) is 44.2 Å². The Morgan fingerprint density at radius 2 is 2.05 bits per heavy atom. The number of furan rings is 1. The minimum Gasteiger partial charge on any atom is -0.460 e. The minimum absolute atomic E-state index is 0.201. The lowest BCUT2D eigenvalue weighted by Gasteiger charge is -2.06. The maximum absolute atomic E-state index is 12.3. The molecule has 0 spiro atoms. The number of amides is 1. The van der Waals surface area contributed by atoms with Crippen LogP contribution in [0.15, 0.2) is 34.7 Å². The second kappa shape index (κ2) is 5.63. The fourth-order valence-electron chi connectivity index (χ4n) is 2.15. The van der Waals surface area contributed by atoms with Crippen LogP contribution in [0.3, 0.4) is 0 Å². The van der Waals surface area contributed by atoms with Crippen LogP contribution in [0.25, 0.3) is 11.0 Å². The Morgan fingerprint density at radius 1 is 1.27 bits per heavy atom. The number of fused-ring (bicyclic) bond motifs is 1. The number of hydrogen-bond acceptors (Lipinski definition) is 4. The van der Waals surface area contributed by atoms with Crippen molar-refractivity contribution in [3.63, 3.8) is 0 Å². The number of para-hydroxylation sites is 1. The second-order valence-corrected chi connectivity index (χ2v) is 5.60. The van der Waals surface area contributed by atoms with Gasteiger partial charge in [0, 0.05) is 11.3 Å². The largest absolute Gasteiger partial charge is 0.460 e. The van der Waals surface area contributed by atoms with E-state index in [0.717, 1.165) is 16.8 Å². The summed E-state index contributed by atoms with van der Waals surface area (Å²) in [5, 5.41) is 10.5. The Bertz CT molecular complexity index is 770. The van der Waals surface area contributed by atoms with E-state index in [4.69, 9.17) is 4.42 Å². The minimum atomic E-state index is -0.423. The van der Waals surface area contributed by atoms with Crippen molar-refractivity contribution in [2.75, 3.05) is 5.32 Å². The van der Waals surface area contributed by atoms with E-state index in [1.165, 1.54) is 0 Å². The molecule has 114 valence electrons. The predicted molar refractivity (Wildman–Crippen MR) is 83.7 cm³/mol. The quantitative estimate of drug-likeness (QED) is 0.773. The number of anilines is 1. The monoisotopic (exact) mass is 298 g/mol. The molecule has 0 radical (unpaired) electrons. The van der Waals surface area contributed by atoms with Crippen LogP contribution >= 0.6 is 0 Å². The third-order valence-electron chi connectivity index (χ3n) is 3.55. The molecule has 1 aromatic carbocycles. The molecule has 2 heterocycles. The van der Waals surface area contributed by atoms with Crippen LogP contribution in [0.5, 0.6) is 0 Å². The van der Waals surface area contributed by atoms with E-state index >= 15 is 0 Å². The van der Waals surface area contributed by atoms with Gasteiger partial charge in [-0.3, -0.25) is 15.2 Å². The number of carbonyl (C=O) groups is 1. The Labute approximate surface area is 127 Å². The molecular weight excluding hydrogens is 280 g/mol. The lowest BCUT2D eigenvalue weighted by molar-refractivity contribution is -0.117. The first kappa shape index (κ1) is 14.3. The van der Waals surface area contributed by atoms with Crippen LogP contribution in [0, 0.1) is 0 Å². The summed E-state index contributed by atoms with van der Waals surface area (Å²) in [5.74, 6) is 1.26. The number of nitrogens with zero attached hydrogens (tertiary/aromatic N) is 2. The van der Waals surface area contributed by atoms with Gasteiger partial charge in [0.05, 0.1) is 5.92 Å². The van der Waals surface area contributed by atoms with E-state index in [2.05, 4.69) is 20.5 Å². The van der Waals surface area contributed by atoms with Gasteiger partial charge in [0.15, 0.2) is 0 Å². The Kier molecular flexibility index (Phi) is 3.66. The molecule has 3 rings (SSSR count). The molecule has 0 aliphatic carbocycles. The average Bonchev–Trinajstić information content (AvgIpc) is 3.12. The maximum atomic E-state index is 12.3. The molecule has 0 saturated heterocycles. The van der Waals surface area contributed by atoms with Crippen molar-refractivity contribution < 1.29 is 9.21 Å². The van der Waals surface area contributed by atoms with E-state index in [9.17, 15) is 4.79 Å². The fraction of sp³-hybridized carbons (Fsp3) is 0.312. The van der Waals surface area contributed by atoms with Gasteiger partial charge in [0.2, 0.25) is 11.9 Å². The van der Waals surface area contributed by atoms with Crippen LogP contribution in [0.4, 0.5) is 5.95 Å². The van der Waals surface area contributed by atoms with Gasteiger partial charge >= 0.3 is 0 Å². The number of carbonyl (C=O) groups excluding carboxylic acids is 1. The molecule has 0 saturated carbocycles. The molecule has 3 aromatic rings. The summed E-state index contributed by atoms with van der Waals surface area (Å²) in [7, 11) is 0. The average molecular weight is 298 g/mol. The highest BCUT2D eigenvalue weighted by Gasteiger charge is 2.21. The standard InChI is InChI=1S/C16H18N4O2/c1-9(2)14-17-16(20-19-14)18-15(21)10(3)13-8-11-6-4-5-7-12(11)22-13/h4-10H,1-3H3,(H2,17,18,19,20,21)/t10-/m0/s1. The number of H-pyrrole nitrogens is 1. The third kappa shape index (κ3) is 2.72. The smallest absolute Gasteiger partial charge is 0.248 e. The van der Waals surface area contributed by atoms with Gasteiger partial charge in [-0.05, 0) is 19.1 Å². The second-order valence-electron chi connectivity index (χ2n) is 5.60. The number of rotatable bonds is 4. The SMILES string of the molecule is CC(C)c1nc(NC(=O)[C@@H](C)c2cc3ccccc3o2)n[nH]1. The van der Waals surface area contributed by atoms with Crippen LogP contribution in [-0.4, -0.2) is 21.1 Å². The van der Waals surface area contributed by atoms with Crippen molar-refractivity contribution in [1.29, 1.82) is 0 Å². The third-order valence-corrected chi connectivity index (χ3v) is 3.55. The molecule has 0 aliphatic rings. The molecular formula is C16H18N4O2. The molecule has 2 aromatic heterocycles. The molecule has 6 nitrogen and oxygen atoms in total. The van der Waals surface area contributed by atoms with E-state index < -0.39 is 5.92 Å². The fourth-order valence-corrected chi connectivity index (χ4v) is 2.15. The summed E-state index contributed by atoms with van der Waals surface area (Å²) in [6, 6.07) is 9.57. The summed E-state index contributed by atoms with van der Waals surface area (Å²) in [5.41, 5.74) is 0.775. The number of hydrogen-bond donors (Lipinski definition) is 2. The predicted octanol–water partition coefficient (Wildman–Crippen LogP) is 3.42. The molecule has 22 heavy (non-hydrogen) atoms. The molecule has 0 bridgehead atoms. The van der Waals surface area contributed by atoms with Crippen molar-refractivity contribution in [2.24, 2.45) is 0 Å². The zero-order valence-electron chi connectivity index (χ0n) is 12.8. The van der Waals surface area contributed by atoms with Crippen molar-refractivity contribution >= 4 is 22.8 Å².